The number of pyridine rings is 1. The minimum absolute atomic E-state index is 0.192. The lowest BCUT2D eigenvalue weighted by molar-refractivity contribution is 0.0947. The maximum Gasteiger partial charge on any atom is 0.0894 e. The normalized spacial score (nSPS) is 12.7. The van der Waals surface area contributed by atoms with Gasteiger partial charge in [0.05, 0.1) is 12.7 Å². The molecule has 1 aromatic heterocycles. The van der Waals surface area contributed by atoms with Gasteiger partial charge in [-0.3, -0.25) is 4.98 Å². The second-order valence-corrected chi connectivity index (χ2v) is 3.15. The third kappa shape index (κ3) is 4.32. The maximum atomic E-state index is 9.03. The molecule has 0 radical (unpaired) electrons. The first-order valence-electron chi connectivity index (χ1n) is 4.71. The monoisotopic (exact) mass is 196 g/mol. The van der Waals surface area contributed by atoms with E-state index in [2.05, 4.69) is 10.3 Å². The van der Waals surface area contributed by atoms with Crippen LogP contribution < -0.4 is 5.32 Å². The van der Waals surface area contributed by atoms with E-state index in [4.69, 9.17) is 10.2 Å². The van der Waals surface area contributed by atoms with Gasteiger partial charge in [-0.1, -0.05) is 0 Å². The molecule has 0 saturated heterocycles. The molecule has 1 atom stereocenters. The van der Waals surface area contributed by atoms with E-state index in [1.807, 2.05) is 12.1 Å². The molecule has 0 aliphatic heterocycles. The highest BCUT2D eigenvalue weighted by atomic mass is 16.3. The third-order valence-corrected chi connectivity index (χ3v) is 1.93. The lowest BCUT2D eigenvalue weighted by Gasteiger charge is -2.08. The molecule has 1 aromatic rings. The predicted molar refractivity (Wildman–Crippen MR) is 53.9 cm³/mol. The van der Waals surface area contributed by atoms with Crippen LogP contribution in [0.2, 0.25) is 0 Å². The molecule has 14 heavy (non-hydrogen) atoms. The minimum Gasteiger partial charge on any atom is -0.394 e. The maximum absolute atomic E-state index is 9.03. The number of nitrogens with zero attached hydrogens (tertiary/aromatic N) is 1. The number of rotatable bonds is 6. The highest BCUT2D eigenvalue weighted by Crippen LogP contribution is 1.95. The molecule has 0 aliphatic carbocycles. The molecule has 0 fully saturated rings. The molecular formula is C10H16N2O2. The van der Waals surface area contributed by atoms with Crippen LogP contribution in [0.15, 0.2) is 24.5 Å². The summed E-state index contributed by atoms with van der Waals surface area (Å²) in [6.07, 6.45) is 3.77. The molecule has 78 valence electrons. The van der Waals surface area contributed by atoms with E-state index in [-0.39, 0.29) is 6.61 Å². The van der Waals surface area contributed by atoms with Crippen LogP contribution in [0, 0.1) is 0 Å². The first-order valence-corrected chi connectivity index (χ1v) is 4.71. The van der Waals surface area contributed by atoms with Crippen molar-refractivity contribution in [2.24, 2.45) is 0 Å². The summed E-state index contributed by atoms with van der Waals surface area (Å²) in [6, 6.07) is 3.92. The van der Waals surface area contributed by atoms with Crippen LogP contribution in [0.25, 0.3) is 0 Å². The number of hydrogen-bond donors (Lipinski definition) is 3. The second kappa shape index (κ2) is 6.48. The molecule has 3 N–H and O–H groups in total. The first-order chi connectivity index (χ1) is 6.83. The zero-order valence-corrected chi connectivity index (χ0v) is 8.06. The number of nitrogens with one attached hydrogen (secondary N) is 1. The van der Waals surface area contributed by atoms with Gasteiger partial charge in [0.2, 0.25) is 0 Å². The lowest BCUT2D eigenvalue weighted by Crippen LogP contribution is -2.30. The highest BCUT2D eigenvalue weighted by Gasteiger charge is 1.99. The Labute approximate surface area is 83.6 Å². The summed E-state index contributed by atoms with van der Waals surface area (Å²) >= 11 is 0. The summed E-state index contributed by atoms with van der Waals surface area (Å²) in [5, 5.41) is 20.6. The molecule has 0 aliphatic rings. The smallest absolute Gasteiger partial charge is 0.0894 e. The average Bonchev–Trinajstić information content (AvgIpc) is 2.25. The molecule has 0 amide bonds. The van der Waals surface area contributed by atoms with Crippen molar-refractivity contribution >= 4 is 0 Å². The number of aliphatic hydroxyl groups is 2. The Morgan fingerprint density at radius 2 is 2.07 bits per heavy atom. The molecule has 4 heteroatoms. The van der Waals surface area contributed by atoms with Crippen LogP contribution in [0.4, 0.5) is 0 Å². The van der Waals surface area contributed by atoms with Gasteiger partial charge in [0, 0.05) is 18.9 Å². The minimum atomic E-state index is -0.660. The van der Waals surface area contributed by atoms with Gasteiger partial charge in [-0.15, -0.1) is 0 Å². The summed E-state index contributed by atoms with van der Waals surface area (Å²) in [5.74, 6) is 0. The lowest BCUT2D eigenvalue weighted by atomic mass is 10.2. The van der Waals surface area contributed by atoms with Crippen LogP contribution in [0.1, 0.15) is 5.56 Å². The third-order valence-electron chi connectivity index (χ3n) is 1.93. The van der Waals surface area contributed by atoms with E-state index in [0.29, 0.717) is 6.54 Å². The molecule has 0 aromatic carbocycles. The van der Waals surface area contributed by atoms with E-state index in [9.17, 15) is 0 Å². The van der Waals surface area contributed by atoms with E-state index in [0.717, 1.165) is 13.0 Å². The molecule has 4 nitrogen and oxygen atoms in total. The van der Waals surface area contributed by atoms with Gasteiger partial charge in [0.15, 0.2) is 0 Å². The predicted octanol–water partition coefficient (Wildman–Crippen LogP) is -0.433. The van der Waals surface area contributed by atoms with Crippen LogP contribution in [0.5, 0.6) is 0 Å². The summed E-state index contributed by atoms with van der Waals surface area (Å²) in [4.78, 5) is 3.92. The Morgan fingerprint density at radius 1 is 1.36 bits per heavy atom. The van der Waals surface area contributed by atoms with E-state index in [1.54, 1.807) is 12.4 Å². The number of aliphatic hydroxyl groups excluding tert-OH is 2. The average molecular weight is 196 g/mol. The summed E-state index contributed by atoms with van der Waals surface area (Å²) < 4.78 is 0. The largest absolute Gasteiger partial charge is 0.394 e. The van der Waals surface area contributed by atoms with Crippen molar-refractivity contribution in [1.82, 2.24) is 10.3 Å². The van der Waals surface area contributed by atoms with Crippen LogP contribution >= 0.6 is 0 Å². The van der Waals surface area contributed by atoms with Crippen molar-refractivity contribution in [2.45, 2.75) is 12.5 Å². The number of aromatic nitrogens is 1. The van der Waals surface area contributed by atoms with Crippen LogP contribution in [0.3, 0.4) is 0 Å². The molecule has 0 saturated carbocycles. The van der Waals surface area contributed by atoms with Gasteiger partial charge in [0.25, 0.3) is 0 Å². The van der Waals surface area contributed by atoms with Gasteiger partial charge >= 0.3 is 0 Å². The molecule has 1 rings (SSSR count). The van der Waals surface area contributed by atoms with Gasteiger partial charge in [-0.05, 0) is 30.7 Å². The van der Waals surface area contributed by atoms with Gasteiger partial charge in [0.1, 0.15) is 0 Å². The van der Waals surface area contributed by atoms with Crippen molar-refractivity contribution < 1.29 is 10.2 Å². The second-order valence-electron chi connectivity index (χ2n) is 3.15. The Balaban J connectivity index is 2.10. The summed E-state index contributed by atoms with van der Waals surface area (Å²) in [5.41, 5.74) is 1.21. The Kier molecular flexibility index (Phi) is 5.14. The SMILES string of the molecule is OC[C@@H](O)CNCCc1ccncc1. The standard InChI is InChI=1S/C10H16N2O2/c13-8-10(14)7-12-6-3-9-1-4-11-5-2-9/h1-2,4-5,10,12-14H,3,6-8H2/t10-/m0/s1. The van der Waals surface area contributed by atoms with Crippen molar-refractivity contribution in [3.8, 4) is 0 Å². The van der Waals surface area contributed by atoms with E-state index < -0.39 is 6.10 Å². The Morgan fingerprint density at radius 3 is 2.71 bits per heavy atom. The zero-order valence-electron chi connectivity index (χ0n) is 8.06. The fourth-order valence-corrected chi connectivity index (χ4v) is 1.12. The van der Waals surface area contributed by atoms with Crippen molar-refractivity contribution in [3.63, 3.8) is 0 Å². The quantitative estimate of drug-likeness (QED) is 0.540. The fraction of sp³-hybridized carbons (Fsp3) is 0.500. The van der Waals surface area contributed by atoms with Crippen LogP contribution in [-0.2, 0) is 6.42 Å². The van der Waals surface area contributed by atoms with Gasteiger partial charge in [-0.25, -0.2) is 0 Å². The summed E-state index contributed by atoms with van der Waals surface area (Å²) in [6.45, 7) is 1.03. The molecule has 0 bridgehead atoms. The topological polar surface area (TPSA) is 65.4 Å². The van der Waals surface area contributed by atoms with Gasteiger partial charge < -0.3 is 15.5 Å². The van der Waals surface area contributed by atoms with E-state index in [1.165, 1.54) is 5.56 Å². The van der Waals surface area contributed by atoms with E-state index >= 15 is 0 Å². The molecular weight excluding hydrogens is 180 g/mol. The van der Waals surface area contributed by atoms with Crippen molar-refractivity contribution in [3.05, 3.63) is 30.1 Å². The number of hydrogen-bond acceptors (Lipinski definition) is 4. The Bertz CT molecular complexity index is 241. The van der Waals surface area contributed by atoms with Crippen LogP contribution in [-0.4, -0.2) is 41.0 Å². The van der Waals surface area contributed by atoms with Crippen molar-refractivity contribution in [1.29, 1.82) is 0 Å². The van der Waals surface area contributed by atoms with Gasteiger partial charge in [-0.2, -0.15) is 0 Å². The Hall–Kier alpha value is -0.970. The molecule has 0 unspecified atom stereocenters. The highest BCUT2D eigenvalue weighted by molar-refractivity contribution is 5.09. The molecule has 1 heterocycles. The fourth-order valence-electron chi connectivity index (χ4n) is 1.12. The summed E-state index contributed by atoms with van der Waals surface area (Å²) in [7, 11) is 0. The molecule has 0 spiro atoms. The first kappa shape index (κ1) is 11.1. The van der Waals surface area contributed by atoms with Crippen molar-refractivity contribution in [2.75, 3.05) is 19.7 Å². The zero-order chi connectivity index (χ0) is 10.2.